The Morgan fingerprint density at radius 2 is 2.00 bits per heavy atom. The van der Waals surface area contributed by atoms with Crippen LogP contribution in [-0.4, -0.2) is 11.3 Å². The first-order chi connectivity index (χ1) is 8.60. The van der Waals surface area contributed by atoms with E-state index in [0.717, 1.165) is 28.2 Å². The van der Waals surface area contributed by atoms with Crippen LogP contribution in [0, 0.1) is 11.7 Å². The lowest BCUT2D eigenvalue weighted by Crippen LogP contribution is -1.95. The number of aromatic nitrogens is 1. The molecule has 0 aliphatic carbocycles. The van der Waals surface area contributed by atoms with Crippen LogP contribution in [0.3, 0.4) is 0 Å². The molecule has 0 unspecified atom stereocenters. The molecule has 0 bridgehead atoms. The van der Waals surface area contributed by atoms with E-state index in [4.69, 9.17) is 0 Å². The van der Waals surface area contributed by atoms with Gasteiger partial charge < -0.3 is 0 Å². The molecule has 0 amide bonds. The van der Waals surface area contributed by atoms with E-state index in [0.29, 0.717) is 11.6 Å². The van der Waals surface area contributed by atoms with Crippen molar-refractivity contribution in [3.05, 3.63) is 40.7 Å². The largest absolute Gasteiger partial charge is 0.296 e. The molecule has 0 aliphatic rings. The van der Waals surface area contributed by atoms with E-state index in [1.165, 1.54) is 23.5 Å². The van der Waals surface area contributed by atoms with Gasteiger partial charge in [-0.3, -0.25) is 4.79 Å². The SMILES string of the molecule is CC(C)Cc1sc(-c2ccc(F)cc2)nc1C=O. The first kappa shape index (κ1) is 12.9. The molecule has 0 radical (unpaired) electrons. The van der Waals surface area contributed by atoms with Gasteiger partial charge in [0, 0.05) is 10.4 Å². The highest BCUT2D eigenvalue weighted by Crippen LogP contribution is 2.29. The van der Waals surface area contributed by atoms with Crippen molar-refractivity contribution in [2.24, 2.45) is 5.92 Å². The van der Waals surface area contributed by atoms with Crippen molar-refractivity contribution in [1.29, 1.82) is 0 Å². The predicted molar refractivity (Wildman–Crippen MR) is 71.4 cm³/mol. The molecular weight excluding hydrogens is 249 g/mol. The smallest absolute Gasteiger partial charge is 0.169 e. The summed E-state index contributed by atoms with van der Waals surface area (Å²) in [4.78, 5) is 16.3. The molecule has 1 heterocycles. The highest BCUT2D eigenvalue weighted by molar-refractivity contribution is 7.15. The number of aldehydes is 1. The van der Waals surface area contributed by atoms with Crippen LogP contribution in [-0.2, 0) is 6.42 Å². The third kappa shape index (κ3) is 2.82. The molecule has 2 aromatic rings. The van der Waals surface area contributed by atoms with E-state index >= 15 is 0 Å². The molecule has 18 heavy (non-hydrogen) atoms. The maximum atomic E-state index is 12.9. The molecule has 2 nitrogen and oxygen atoms in total. The number of rotatable bonds is 4. The van der Waals surface area contributed by atoms with E-state index < -0.39 is 0 Å². The summed E-state index contributed by atoms with van der Waals surface area (Å²) >= 11 is 1.51. The summed E-state index contributed by atoms with van der Waals surface area (Å²) in [6.45, 7) is 4.21. The number of halogens is 1. The first-order valence-corrected chi connectivity index (χ1v) is 6.62. The summed E-state index contributed by atoms with van der Waals surface area (Å²) in [5.41, 5.74) is 1.35. The average molecular weight is 263 g/mol. The van der Waals surface area contributed by atoms with Gasteiger partial charge in [0.15, 0.2) is 6.29 Å². The topological polar surface area (TPSA) is 30.0 Å². The van der Waals surface area contributed by atoms with Crippen molar-refractivity contribution < 1.29 is 9.18 Å². The van der Waals surface area contributed by atoms with Gasteiger partial charge in [-0.15, -0.1) is 11.3 Å². The summed E-state index contributed by atoms with van der Waals surface area (Å²) in [6.07, 6.45) is 1.63. The van der Waals surface area contributed by atoms with Crippen LogP contribution in [0.4, 0.5) is 4.39 Å². The first-order valence-electron chi connectivity index (χ1n) is 5.81. The maximum Gasteiger partial charge on any atom is 0.169 e. The zero-order valence-corrected chi connectivity index (χ0v) is 11.1. The Hall–Kier alpha value is -1.55. The minimum atomic E-state index is -0.270. The third-order valence-electron chi connectivity index (χ3n) is 2.52. The van der Waals surface area contributed by atoms with Gasteiger partial charge in [-0.25, -0.2) is 9.37 Å². The van der Waals surface area contributed by atoms with Crippen LogP contribution in [0.2, 0.25) is 0 Å². The van der Waals surface area contributed by atoms with Crippen molar-refractivity contribution in [3.63, 3.8) is 0 Å². The number of nitrogens with zero attached hydrogens (tertiary/aromatic N) is 1. The molecule has 0 saturated heterocycles. The molecule has 0 aliphatic heterocycles. The van der Waals surface area contributed by atoms with E-state index in [-0.39, 0.29) is 5.82 Å². The van der Waals surface area contributed by atoms with Crippen LogP contribution in [0.5, 0.6) is 0 Å². The minimum absolute atomic E-state index is 0.270. The lowest BCUT2D eigenvalue weighted by molar-refractivity contribution is 0.111. The number of carbonyl (C=O) groups excluding carboxylic acids is 1. The Morgan fingerprint density at radius 3 is 2.56 bits per heavy atom. The summed E-state index contributed by atoms with van der Waals surface area (Å²) in [5.74, 6) is 0.207. The van der Waals surface area contributed by atoms with Gasteiger partial charge in [-0.05, 0) is 36.6 Å². The monoisotopic (exact) mass is 263 g/mol. The fourth-order valence-corrected chi connectivity index (χ4v) is 2.93. The van der Waals surface area contributed by atoms with Crippen molar-refractivity contribution >= 4 is 17.6 Å². The Kier molecular flexibility index (Phi) is 3.87. The molecular formula is C14H14FNOS. The Bertz CT molecular complexity index is 545. The van der Waals surface area contributed by atoms with Gasteiger partial charge in [0.25, 0.3) is 0 Å². The van der Waals surface area contributed by atoms with E-state index in [9.17, 15) is 9.18 Å². The molecule has 2 rings (SSSR count). The normalized spacial score (nSPS) is 10.9. The van der Waals surface area contributed by atoms with Crippen molar-refractivity contribution in [2.45, 2.75) is 20.3 Å². The second-order valence-corrected chi connectivity index (χ2v) is 5.63. The number of hydrogen-bond donors (Lipinski definition) is 0. The predicted octanol–water partition coefficient (Wildman–Crippen LogP) is 3.96. The van der Waals surface area contributed by atoms with Gasteiger partial charge >= 0.3 is 0 Å². The van der Waals surface area contributed by atoms with Crippen LogP contribution in [0.25, 0.3) is 10.6 Å². The second-order valence-electron chi connectivity index (χ2n) is 4.55. The summed E-state index contributed by atoms with van der Waals surface area (Å²) in [7, 11) is 0. The van der Waals surface area contributed by atoms with Gasteiger partial charge in [-0.2, -0.15) is 0 Å². The fraction of sp³-hybridized carbons (Fsp3) is 0.286. The molecule has 0 saturated carbocycles. The standard InChI is InChI=1S/C14H14FNOS/c1-9(2)7-13-12(8-17)16-14(18-13)10-3-5-11(15)6-4-10/h3-6,8-9H,7H2,1-2H3. The lowest BCUT2D eigenvalue weighted by Gasteiger charge is -2.00. The van der Waals surface area contributed by atoms with E-state index in [1.54, 1.807) is 12.1 Å². The lowest BCUT2D eigenvalue weighted by atomic mass is 10.1. The molecule has 94 valence electrons. The number of carbonyl (C=O) groups is 1. The van der Waals surface area contributed by atoms with Crippen molar-refractivity contribution in [2.75, 3.05) is 0 Å². The van der Waals surface area contributed by atoms with Gasteiger partial charge in [0.2, 0.25) is 0 Å². The zero-order chi connectivity index (χ0) is 13.1. The highest BCUT2D eigenvalue weighted by atomic mass is 32.1. The minimum Gasteiger partial charge on any atom is -0.296 e. The molecule has 0 atom stereocenters. The van der Waals surface area contributed by atoms with E-state index in [1.807, 2.05) is 0 Å². The second kappa shape index (κ2) is 5.40. The number of hydrogen-bond acceptors (Lipinski definition) is 3. The average Bonchev–Trinajstić information content (AvgIpc) is 2.72. The number of benzene rings is 1. The van der Waals surface area contributed by atoms with E-state index in [2.05, 4.69) is 18.8 Å². The van der Waals surface area contributed by atoms with Crippen molar-refractivity contribution in [1.82, 2.24) is 4.98 Å². The molecule has 1 aromatic carbocycles. The number of thiazole rings is 1. The van der Waals surface area contributed by atoms with Crippen molar-refractivity contribution in [3.8, 4) is 10.6 Å². The quantitative estimate of drug-likeness (QED) is 0.781. The van der Waals surface area contributed by atoms with Crippen LogP contribution < -0.4 is 0 Å². The van der Waals surface area contributed by atoms with Gasteiger partial charge in [0.1, 0.15) is 16.5 Å². The summed E-state index contributed by atoms with van der Waals surface area (Å²) < 4.78 is 12.9. The zero-order valence-electron chi connectivity index (χ0n) is 10.3. The molecule has 0 fully saturated rings. The molecule has 1 aromatic heterocycles. The fourth-order valence-electron chi connectivity index (χ4n) is 1.69. The third-order valence-corrected chi connectivity index (χ3v) is 3.67. The van der Waals surface area contributed by atoms with Gasteiger partial charge in [-0.1, -0.05) is 13.8 Å². The highest BCUT2D eigenvalue weighted by Gasteiger charge is 2.13. The Morgan fingerprint density at radius 1 is 1.33 bits per heavy atom. The Labute approximate surface area is 110 Å². The van der Waals surface area contributed by atoms with Gasteiger partial charge in [0.05, 0.1) is 0 Å². The summed E-state index contributed by atoms with van der Waals surface area (Å²) in [5, 5.41) is 0.771. The summed E-state index contributed by atoms with van der Waals surface area (Å²) in [6, 6.07) is 6.17. The van der Waals surface area contributed by atoms with Crippen LogP contribution in [0.15, 0.2) is 24.3 Å². The molecule has 0 spiro atoms. The molecule has 4 heteroatoms. The maximum absolute atomic E-state index is 12.9. The van der Waals surface area contributed by atoms with Crippen LogP contribution >= 0.6 is 11.3 Å². The van der Waals surface area contributed by atoms with Crippen LogP contribution in [0.1, 0.15) is 29.2 Å². The molecule has 0 N–H and O–H groups in total. The Balaban J connectivity index is 2.37.